The van der Waals surface area contributed by atoms with Crippen molar-refractivity contribution in [3.63, 3.8) is 0 Å². The van der Waals surface area contributed by atoms with Gasteiger partial charge in [0.25, 0.3) is 0 Å². The van der Waals surface area contributed by atoms with Crippen molar-refractivity contribution in [2.45, 2.75) is 39.2 Å². The monoisotopic (exact) mass is 259 g/mol. The summed E-state index contributed by atoms with van der Waals surface area (Å²) in [5.74, 6) is 0. The van der Waals surface area contributed by atoms with Gasteiger partial charge in [-0.2, -0.15) is 5.10 Å². The van der Waals surface area contributed by atoms with Gasteiger partial charge in [0.05, 0.1) is 22.0 Å². The van der Waals surface area contributed by atoms with Crippen LogP contribution in [0.4, 0.5) is 0 Å². The van der Waals surface area contributed by atoms with Gasteiger partial charge in [0.2, 0.25) is 0 Å². The molecule has 0 saturated carbocycles. The summed E-state index contributed by atoms with van der Waals surface area (Å²) in [6.07, 6.45) is 1.31. The molecule has 0 aromatic carbocycles. The fraction of sp³-hybridized carbons (Fsp3) is 0.750. The summed E-state index contributed by atoms with van der Waals surface area (Å²) in [5, 5.41) is 18.4. The Morgan fingerprint density at radius 1 is 1.47 bits per heavy atom. The van der Waals surface area contributed by atoms with E-state index in [1.165, 1.54) is 0 Å². The second-order valence-electron chi connectivity index (χ2n) is 4.64. The Labute approximate surface area is 108 Å². The molecule has 1 unspecified atom stereocenters. The maximum atomic E-state index is 10.3. The first-order valence-electron chi connectivity index (χ1n) is 6.04. The molecule has 1 aromatic heterocycles. The van der Waals surface area contributed by atoms with Gasteiger partial charge in [-0.15, -0.1) is 0 Å². The third kappa shape index (κ3) is 3.69. The number of likely N-dealkylation sites (N-methyl/N-ethyl adjacent to an activating group) is 1. The van der Waals surface area contributed by atoms with E-state index in [9.17, 15) is 5.11 Å². The predicted octanol–water partition coefficient (Wildman–Crippen LogP) is 1.54. The molecule has 2 N–H and O–H groups in total. The smallest absolute Gasteiger partial charge is 0.0850 e. The lowest BCUT2D eigenvalue weighted by Gasteiger charge is -2.23. The van der Waals surface area contributed by atoms with Crippen LogP contribution in [-0.2, 0) is 19.9 Å². The summed E-state index contributed by atoms with van der Waals surface area (Å²) in [6, 6.07) is 0. The average Bonchev–Trinajstić information content (AvgIpc) is 2.53. The van der Waals surface area contributed by atoms with Gasteiger partial charge in [-0.3, -0.25) is 4.68 Å². The van der Waals surface area contributed by atoms with Gasteiger partial charge < -0.3 is 10.4 Å². The normalized spacial score (nSPS) is 14.9. The first-order chi connectivity index (χ1) is 7.91. The summed E-state index contributed by atoms with van der Waals surface area (Å²) >= 11 is 6.25. The number of nitrogens with one attached hydrogen (secondary N) is 1. The lowest BCUT2D eigenvalue weighted by atomic mass is 9.99. The van der Waals surface area contributed by atoms with Crippen LogP contribution < -0.4 is 5.32 Å². The molecule has 1 atom stereocenters. The highest BCUT2D eigenvalue weighted by atomic mass is 35.5. The minimum atomic E-state index is -0.807. The summed E-state index contributed by atoms with van der Waals surface area (Å²) in [4.78, 5) is 0. The molecule has 0 amide bonds. The summed E-state index contributed by atoms with van der Waals surface area (Å²) < 4.78 is 1.77. The summed E-state index contributed by atoms with van der Waals surface area (Å²) in [5.41, 5.74) is 0.980. The van der Waals surface area contributed by atoms with E-state index in [1.807, 2.05) is 27.8 Å². The fourth-order valence-corrected chi connectivity index (χ4v) is 2.19. The third-order valence-electron chi connectivity index (χ3n) is 2.81. The van der Waals surface area contributed by atoms with Crippen molar-refractivity contribution in [1.82, 2.24) is 15.1 Å². The maximum Gasteiger partial charge on any atom is 0.0850 e. The first-order valence-corrected chi connectivity index (χ1v) is 6.42. The zero-order valence-electron chi connectivity index (χ0n) is 11.0. The van der Waals surface area contributed by atoms with Gasteiger partial charge in [-0.05, 0) is 19.9 Å². The number of hydrogen-bond acceptors (Lipinski definition) is 3. The van der Waals surface area contributed by atoms with Crippen molar-refractivity contribution in [1.29, 1.82) is 0 Å². The minimum Gasteiger partial charge on any atom is -0.388 e. The van der Waals surface area contributed by atoms with Crippen molar-refractivity contribution in [3.05, 3.63) is 16.4 Å². The van der Waals surface area contributed by atoms with E-state index in [1.54, 1.807) is 4.68 Å². The van der Waals surface area contributed by atoms with Crippen molar-refractivity contribution in [2.75, 3.05) is 13.1 Å². The van der Waals surface area contributed by atoms with Crippen molar-refractivity contribution in [3.8, 4) is 0 Å². The standard InChI is InChI=1S/C12H22ClN3O/c1-5-9-11(13)10(16(4)15-9)7-12(3,17)8-14-6-2/h14,17H,5-8H2,1-4H3. The molecular formula is C12H22ClN3O. The zero-order valence-corrected chi connectivity index (χ0v) is 11.8. The number of halogens is 1. The molecule has 0 aliphatic rings. The van der Waals surface area contributed by atoms with Gasteiger partial charge in [-0.1, -0.05) is 25.4 Å². The lowest BCUT2D eigenvalue weighted by Crippen LogP contribution is -2.40. The van der Waals surface area contributed by atoms with Crippen molar-refractivity contribution >= 4 is 11.6 Å². The van der Waals surface area contributed by atoms with Crippen LogP contribution in [0.15, 0.2) is 0 Å². The summed E-state index contributed by atoms with van der Waals surface area (Å²) in [7, 11) is 1.86. The van der Waals surface area contributed by atoms with Crippen molar-refractivity contribution in [2.24, 2.45) is 7.05 Å². The number of aromatic nitrogens is 2. The van der Waals surface area contributed by atoms with Gasteiger partial charge in [0, 0.05) is 20.0 Å². The van der Waals surface area contributed by atoms with Crippen molar-refractivity contribution < 1.29 is 5.11 Å². The third-order valence-corrected chi connectivity index (χ3v) is 3.24. The molecule has 0 radical (unpaired) electrons. The lowest BCUT2D eigenvalue weighted by molar-refractivity contribution is 0.0588. The Morgan fingerprint density at radius 2 is 2.12 bits per heavy atom. The van der Waals surface area contributed by atoms with E-state index < -0.39 is 5.60 Å². The van der Waals surface area contributed by atoms with E-state index in [4.69, 9.17) is 11.6 Å². The highest BCUT2D eigenvalue weighted by molar-refractivity contribution is 6.31. The average molecular weight is 260 g/mol. The van der Waals surface area contributed by atoms with E-state index >= 15 is 0 Å². The molecule has 0 aliphatic carbocycles. The van der Waals surface area contributed by atoms with Crippen LogP contribution in [0, 0.1) is 0 Å². The van der Waals surface area contributed by atoms with Crippen LogP contribution >= 0.6 is 11.6 Å². The highest BCUT2D eigenvalue weighted by Crippen LogP contribution is 2.24. The Balaban J connectivity index is 2.83. The molecular weight excluding hydrogens is 238 g/mol. The number of rotatable bonds is 6. The molecule has 0 fully saturated rings. The largest absolute Gasteiger partial charge is 0.388 e. The number of aliphatic hydroxyl groups is 1. The molecule has 1 heterocycles. The Kier molecular flexibility index (Phi) is 4.98. The molecule has 0 bridgehead atoms. The predicted molar refractivity (Wildman–Crippen MR) is 70.5 cm³/mol. The number of nitrogens with zero attached hydrogens (tertiary/aromatic N) is 2. The van der Waals surface area contributed by atoms with E-state index in [0.29, 0.717) is 18.0 Å². The topological polar surface area (TPSA) is 50.1 Å². The first kappa shape index (κ1) is 14.5. The van der Waals surface area contributed by atoms with E-state index in [2.05, 4.69) is 10.4 Å². The van der Waals surface area contributed by atoms with Crippen LogP contribution in [0.25, 0.3) is 0 Å². The SMILES string of the molecule is CCNCC(C)(O)Cc1c(Cl)c(CC)nn1C. The molecule has 5 heteroatoms. The van der Waals surface area contributed by atoms with E-state index in [-0.39, 0.29) is 0 Å². The Hall–Kier alpha value is -0.580. The van der Waals surface area contributed by atoms with Crippen LogP contribution in [0.1, 0.15) is 32.2 Å². The van der Waals surface area contributed by atoms with Crippen LogP contribution in [0.2, 0.25) is 5.02 Å². The second kappa shape index (κ2) is 5.85. The van der Waals surface area contributed by atoms with Gasteiger partial charge in [0.15, 0.2) is 0 Å². The molecule has 17 heavy (non-hydrogen) atoms. The van der Waals surface area contributed by atoms with Gasteiger partial charge >= 0.3 is 0 Å². The van der Waals surface area contributed by atoms with Crippen LogP contribution in [0.3, 0.4) is 0 Å². The van der Waals surface area contributed by atoms with Gasteiger partial charge in [-0.25, -0.2) is 0 Å². The molecule has 1 rings (SSSR count). The van der Waals surface area contributed by atoms with Crippen LogP contribution in [-0.4, -0.2) is 33.6 Å². The zero-order chi connectivity index (χ0) is 13.1. The number of hydrogen-bond donors (Lipinski definition) is 2. The molecule has 0 aliphatic heterocycles. The van der Waals surface area contributed by atoms with Crippen LogP contribution in [0.5, 0.6) is 0 Å². The quantitative estimate of drug-likeness (QED) is 0.815. The maximum absolute atomic E-state index is 10.3. The second-order valence-corrected chi connectivity index (χ2v) is 5.02. The molecule has 98 valence electrons. The van der Waals surface area contributed by atoms with E-state index in [0.717, 1.165) is 24.4 Å². The number of aryl methyl sites for hydroxylation is 2. The van der Waals surface area contributed by atoms with Gasteiger partial charge in [0.1, 0.15) is 0 Å². The minimum absolute atomic E-state index is 0.502. The Bertz CT molecular complexity index is 374. The molecule has 0 spiro atoms. The fourth-order valence-electron chi connectivity index (χ4n) is 1.83. The molecule has 4 nitrogen and oxygen atoms in total. The molecule has 1 aromatic rings. The summed E-state index contributed by atoms with van der Waals surface area (Å²) in [6.45, 7) is 7.24. The highest BCUT2D eigenvalue weighted by Gasteiger charge is 2.25. The Morgan fingerprint density at radius 3 is 2.59 bits per heavy atom. The molecule has 0 saturated heterocycles.